The summed E-state index contributed by atoms with van der Waals surface area (Å²) in [4.78, 5) is 22.9. The maximum absolute atomic E-state index is 11.6. The molecule has 27 heavy (non-hydrogen) atoms. The first-order valence-corrected chi connectivity index (χ1v) is 9.62. The molecule has 2 aliphatic rings. The van der Waals surface area contributed by atoms with Gasteiger partial charge in [-0.2, -0.15) is 0 Å². The molecule has 1 fully saturated rings. The van der Waals surface area contributed by atoms with E-state index < -0.39 is 11.5 Å². The second-order valence-electron chi connectivity index (χ2n) is 6.91. The number of benzene rings is 1. The summed E-state index contributed by atoms with van der Waals surface area (Å²) in [6.45, 7) is 2.15. The standard InChI is InChI=1S/C20H23NO5S/c1-20(9-7-14(25-2)8-10-20)17(22)12-26-15-5-3-13(4-6-15)11-16-18(23)21-19(24)27-16/h3-9,16-17,22H,10-12H2,1-2H3,(H,21,23,24)/t16?,17-,20?/m1/s1. The summed E-state index contributed by atoms with van der Waals surface area (Å²) in [5.74, 6) is 1.20. The second-order valence-corrected chi connectivity index (χ2v) is 8.09. The number of hydrogen-bond donors (Lipinski definition) is 2. The van der Waals surface area contributed by atoms with E-state index in [1.807, 2.05) is 49.4 Å². The van der Waals surface area contributed by atoms with E-state index >= 15 is 0 Å². The number of rotatable bonds is 7. The minimum atomic E-state index is -0.660. The fourth-order valence-corrected chi connectivity index (χ4v) is 3.82. The van der Waals surface area contributed by atoms with Crippen molar-refractivity contribution < 1.29 is 24.2 Å². The van der Waals surface area contributed by atoms with Crippen LogP contribution in [0.15, 0.2) is 48.3 Å². The molecule has 2 unspecified atom stereocenters. The number of carbonyl (C=O) groups is 2. The van der Waals surface area contributed by atoms with Crippen LogP contribution in [0.3, 0.4) is 0 Å². The van der Waals surface area contributed by atoms with E-state index in [1.54, 1.807) is 7.11 Å². The number of nitrogens with one attached hydrogen (secondary N) is 1. The summed E-state index contributed by atoms with van der Waals surface area (Å²) in [7, 11) is 1.62. The third-order valence-corrected chi connectivity index (χ3v) is 5.87. The molecular weight excluding hydrogens is 366 g/mol. The van der Waals surface area contributed by atoms with Crippen LogP contribution in [-0.4, -0.2) is 41.3 Å². The first-order chi connectivity index (χ1) is 12.9. The van der Waals surface area contributed by atoms with Gasteiger partial charge in [0.15, 0.2) is 0 Å². The Labute approximate surface area is 162 Å². The van der Waals surface area contributed by atoms with Crippen molar-refractivity contribution in [3.05, 3.63) is 53.8 Å². The molecule has 0 saturated carbocycles. The van der Waals surface area contributed by atoms with Crippen molar-refractivity contribution in [2.24, 2.45) is 5.41 Å². The number of thioether (sulfide) groups is 1. The van der Waals surface area contributed by atoms with Crippen LogP contribution in [0.1, 0.15) is 18.9 Å². The Morgan fingerprint density at radius 3 is 2.63 bits per heavy atom. The van der Waals surface area contributed by atoms with Crippen LogP contribution < -0.4 is 10.1 Å². The van der Waals surface area contributed by atoms with Crippen LogP contribution in [0.4, 0.5) is 4.79 Å². The van der Waals surface area contributed by atoms with E-state index in [0.717, 1.165) is 23.1 Å². The minimum Gasteiger partial charge on any atom is -0.497 e. The molecule has 3 atom stereocenters. The molecule has 2 amide bonds. The van der Waals surface area contributed by atoms with Crippen LogP contribution in [0.2, 0.25) is 0 Å². The topological polar surface area (TPSA) is 84.9 Å². The Balaban J connectivity index is 1.51. The molecule has 1 aliphatic carbocycles. The molecule has 7 heteroatoms. The lowest BCUT2D eigenvalue weighted by molar-refractivity contribution is -0.118. The molecule has 0 bridgehead atoms. The van der Waals surface area contributed by atoms with Crippen molar-refractivity contribution in [2.75, 3.05) is 13.7 Å². The molecule has 3 rings (SSSR count). The van der Waals surface area contributed by atoms with Crippen LogP contribution in [0, 0.1) is 5.41 Å². The number of ether oxygens (including phenoxy) is 2. The minimum absolute atomic E-state index is 0.172. The van der Waals surface area contributed by atoms with Crippen molar-refractivity contribution in [1.29, 1.82) is 0 Å². The van der Waals surface area contributed by atoms with Gasteiger partial charge in [-0.1, -0.05) is 36.9 Å². The maximum atomic E-state index is 11.6. The number of imide groups is 1. The monoisotopic (exact) mass is 389 g/mol. The zero-order chi connectivity index (χ0) is 19.4. The number of carbonyl (C=O) groups excluding carboxylic acids is 2. The number of amides is 2. The Morgan fingerprint density at radius 2 is 2.07 bits per heavy atom. The summed E-state index contributed by atoms with van der Waals surface area (Å²) >= 11 is 1.02. The number of methoxy groups -OCH3 is 1. The highest BCUT2D eigenvalue weighted by atomic mass is 32.2. The zero-order valence-corrected chi connectivity index (χ0v) is 16.1. The summed E-state index contributed by atoms with van der Waals surface area (Å²) in [5, 5.41) is 12.1. The lowest BCUT2D eigenvalue weighted by Crippen LogP contribution is -2.36. The SMILES string of the molecule is COC1=CCC(C)([C@H](O)COc2ccc(CC3SC(=O)NC3=O)cc2)C=C1. The maximum Gasteiger partial charge on any atom is 0.286 e. The highest BCUT2D eigenvalue weighted by Crippen LogP contribution is 2.33. The summed E-state index contributed by atoms with van der Waals surface area (Å²) < 4.78 is 10.9. The molecular formula is C20H23NO5S. The normalized spacial score (nSPS) is 25.7. The van der Waals surface area contributed by atoms with Gasteiger partial charge in [0.2, 0.25) is 5.91 Å². The fraction of sp³-hybridized carbons (Fsp3) is 0.400. The van der Waals surface area contributed by atoms with Crippen molar-refractivity contribution in [3.63, 3.8) is 0 Å². The van der Waals surface area contributed by atoms with Gasteiger partial charge in [-0.3, -0.25) is 14.9 Å². The van der Waals surface area contributed by atoms with Crippen LogP contribution in [0.5, 0.6) is 5.75 Å². The lowest BCUT2D eigenvalue weighted by atomic mass is 9.78. The van der Waals surface area contributed by atoms with Gasteiger partial charge in [0, 0.05) is 5.41 Å². The Morgan fingerprint density at radius 1 is 1.33 bits per heavy atom. The van der Waals surface area contributed by atoms with E-state index in [2.05, 4.69) is 5.32 Å². The number of aliphatic hydroxyl groups excluding tert-OH is 1. The molecule has 0 aromatic heterocycles. The smallest absolute Gasteiger partial charge is 0.286 e. The van der Waals surface area contributed by atoms with Gasteiger partial charge in [0.25, 0.3) is 5.24 Å². The van der Waals surface area contributed by atoms with Gasteiger partial charge in [0.05, 0.1) is 18.5 Å². The molecule has 1 aromatic carbocycles. The zero-order valence-electron chi connectivity index (χ0n) is 15.3. The lowest BCUT2D eigenvalue weighted by Gasteiger charge is -2.32. The summed E-state index contributed by atoms with van der Waals surface area (Å²) in [6, 6.07) is 7.36. The van der Waals surface area contributed by atoms with E-state index in [0.29, 0.717) is 18.6 Å². The largest absolute Gasteiger partial charge is 0.497 e. The van der Waals surface area contributed by atoms with Gasteiger partial charge in [0.1, 0.15) is 18.1 Å². The summed E-state index contributed by atoms with van der Waals surface area (Å²) in [6.07, 6.45) is 6.28. The number of aliphatic hydroxyl groups is 1. The van der Waals surface area contributed by atoms with E-state index in [4.69, 9.17) is 9.47 Å². The predicted molar refractivity (Wildman–Crippen MR) is 104 cm³/mol. The van der Waals surface area contributed by atoms with E-state index in [1.165, 1.54) is 0 Å². The molecule has 2 N–H and O–H groups in total. The van der Waals surface area contributed by atoms with Gasteiger partial charge >= 0.3 is 0 Å². The second kappa shape index (κ2) is 8.19. The van der Waals surface area contributed by atoms with Crippen LogP contribution >= 0.6 is 11.8 Å². The fourth-order valence-electron chi connectivity index (χ4n) is 2.96. The molecule has 1 heterocycles. The van der Waals surface area contributed by atoms with Gasteiger partial charge in [-0.15, -0.1) is 0 Å². The van der Waals surface area contributed by atoms with Gasteiger partial charge in [-0.05, 0) is 42.7 Å². The Bertz CT molecular complexity index is 773. The molecule has 1 aliphatic heterocycles. The molecule has 0 radical (unpaired) electrons. The van der Waals surface area contributed by atoms with Gasteiger partial charge in [-0.25, -0.2) is 0 Å². The Hall–Kier alpha value is -2.25. The highest BCUT2D eigenvalue weighted by molar-refractivity contribution is 8.15. The van der Waals surface area contributed by atoms with Crippen LogP contribution in [-0.2, 0) is 16.0 Å². The first kappa shape index (κ1) is 19.5. The average Bonchev–Trinajstić information content (AvgIpc) is 2.98. The number of allylic oxidation sites excluding steroid dienone is 2. The third kappa shape index (κ3) is 4.73. The molecule has 144 valence electrons. The molecule has 6 nitrogen and oxygen atoms in total. The van der Waals surface area contributed by atoms with Crippen molar-refractivity contribution in [1.82, 2.24) is 5.32 Å². The molecule has 1 aromatic rings. The van der Waals surface area contributed by atoms with E-state index in [-0.39, 0.29) is 23.0 Å². The average molecular weight is 389 g/mol. The number of hydrogen-bond acceptors (Lipinski definition) is 6. The van der Waals surface area contributed by atoms with Crippen molar-refractivity contribution in [2.45, 2.75) is 31.1 Å². The Kier molecular flexibility index (Phi) is 5.92. The van der Waals surface area contributed by atoms with Gasteiger partial charge < -0.3 is 14.6 Å². The van der Waals surface area contributed by atoms with Crippen molar-refractivity contribution >= 4 is 22.9 Å². The van der Waals surface area contributed by atoms with Crippen LogP contribution in [0.25, 0.3) is 0 Å². The quantitative estimate of drug-likeness (QED) is 0.746. The summed E-state index contributed by atoms with van der Waals surface area (Å²) in [5.41, 5.74) is 0.548. The molecule has 1 saturated heterocycles. The first-order valence-electron chi connectivity index (χ1n) is 8.74. The predicted octanol–water partition coefficient (Wildman–Crippen LogP) is 2.82. The molecule has 0 spiro atoms. The van der Waals surface area contributed by atoms with E-state index in [9.17, 15) is 14.7 Å². The van der Waals surface area contributed by atoms with Crippen molar-refractivity contribution in [3.8, 4) is 5.75 Å². The third-order valence-electron chi connectivity index (χ3n) is 4.89. The highest BCUT2D eigenvalue weighted by Gasteiger charge is 2.33.